The van der Waals surface area contributed by atoms with Crippen LogP contribution in [-0.4, -0.2) is 70.5 Å². The van der Waals surface area contributed by atoms with Crippen LogP contribution >= 0.6 is 22.7 Å². The fourth-order valence-corrected chi connectivity index (χ4v) is 6.27. The lowest BCUT2D eigenvalue weighted by molar-refractivity contribution is 0.135. The van der Waals surface area contributed by atoms with E-state index in [1.807, 2.05) is 66.0 Å². The Bertz CT molecular complexity index is 1570. The van der Waals surface area contributed by atoms with Crippen LogP contribution in [0.4, 0.5) is 9.59 Å². The van der Waals surface area contributed by atoms with E-state index < -0.39 is 12.1 Å². The standard InChI is InChI=1S/C36H46N6O5S2/c1-25(2)34-39-30(23-48-34)19-42(4)35(44)41-33(20-43)26(3)38-29(21-46-31-13-9-6-10-14-31)16-15-28(17-27-11-7-5-8-12-27)40-36(45)47-22-32-18-37-24-49-32/h5-14,18,23-25,28-29,33,38,43H,3,15-17,19-22H2,1-2,4H3,(H,40,45)(H,41,44). The number of rotatable bonds is 19. The molecular formula is C36H46N6O5S2. The molecule has 0 aliphatic carbocycles. The smallest absolute Gasteiger partial charge is 0.407 e. The number of alkyl carbamates (subject to hydrolysis) is 1. The molecule has 0 aliphatic heterocycles. The first-order chi connectivity index (χ1) is 23.7. The van der Waals surface area contributed by atoms with E-state index >= 15 is 0 Å². The third kappa shape index (κ3) is 12.8. The second kappa shape index (κ2) is 19.5. The van der Waals surface area contributed by atoms with Crippen LogP contribution in [0.2, 0.25) is 0 Å². The molecule has 262 valence electrons. The van der Waals surface area contributed by atoms with Crippen molar-refractivity contribution in [3.05, 3.63) is 111 Å². The summed E-state index contributed by atoms with van der Waals surface area (Å²) in [6.07, 6.45) is 2.93. The van der Waals surface area contributed by atoms with E-state index in [0.29, 0.717) is 43.2 Å². The van der Waals surface area contributed by atoms with Gasteiger partial charge in [0.05, 0.1) is 46.3 Å². The van der Waals surface area contributed by atoms with Crippen LogP contribution in [0.1, 0.15) is 53.7 Å². The van der Waals surface area contributed by atoms with Crippen LogP contribution in [0.5, 0.6) is 5.75 Å². The molecule has 0 bridgehead atoms. The van der Waals surface area contributed by atoms with Crippen LogP contribution in [0, 0.1) is 0 Å². The lowest BCUT2D eigenvalue weighted by Gasteiger charge is -2.29. The summed E-state index contributed by atoms with van der Waals surface area (Å²) in [4.78, 5) is 37.0. The Balaban J connectivity index is 1.39. The third-order valence-corrected chi connectivity index (χ3v) is 9.58. The number of amides is 3. The van der Waals surface area contributed by atoms with Gasteiger partial charge in [0.2, 0.25) is 0 Å². The molecule has 0 fully saturated rings. The molecule has 13 heteroatoms. The van der Waals surface area contributed by atoms with E-state index in [2.05, 4.69) is 46.3 Å². The minimum absolute atomic E-state index is 0.149. The molecule has 11 nitrogen and oxygen atoms in total. The topological polar surface area (TPSA) is 138 Å². The number of ether oxygens (including phenoxy) is 2. The van der Waals surface area contributed by atoms with Crippen LogP contribution in [0.15, 0.2) is 90.0 Å². The second-order valence-corrected chi connectivity index (χ2v) is 13.9. The number of aliphatic hydroxyl groups is 1. The lowest BCUT2D eigenvalue weighted by atomic mass is 9.99. The van der Waals surface area contributed by atoms with Crippen molar-refractivity contribution in [2.24, 2.45) is 0 Å². The predicted molar refractivity (Wildman–Crippen MR) is 194 cm³/mol. The van der Waals surface area contributed by atoms with Gasteiger partial charge >= 0.3 is 12.1 Å². The highest BCUT2D eigenvalue weighted by atomic mass is 32.1. The van der Waals surface area contributed by atoms with Gasteiger partial charge in [-0.3, -0.25) is 4.98 Å². The zero-order valence-corrected chi connectivity index (χ0v) is 29.8. The highest BCUT2D eigenvalue weighted by molar-refractivity contribution is 7.09. The maximum atomic E-state index is 13.1. The van der Waals surface area contributed by atoms with Gasteiger partial charge in [-0.05, 0) is 37.0 Å². The molecule has 3 unspecified atom stereocenters. The van der Waals surface area contributed by atoms with Crippen LogP contribution in [0.3, 0.4) is 0 Å². The average molecular weight is 707 g/mol. The van der Waals surface area contributed by atoms with Crippen molar-refractivity contribution in [3.63, 3.8) is 0 Å². The number of hydrogen-bond donors (Lipinski definition) is 4. The largest absolute Gasteiger partial charge is 0.491 e. The van der Waals surface area contributed by atoms with Crippen LogP contribution < -0.4 is 20.7 Å². The van der Waals surface area contributed by atoms with Crippen LogP contribution in [0.25, 0.3) is 0 Å². The van der Waals surface area contributed by atoms with E-state index in [-0.39, 0.29) is 37.9 Å². The maximum absolute atomic E-state index is 13.1. The number of thiazole rings is 2. The van der Waals surface area contributed by atoms with Gasteiger partial charge in [0.1, 0.15) is 19.0 Å². The fourth-order valence-electron chi connectivity index (χ4n) is 4.94. The van der Waals surface area contributed by atoms with Gasteiger partial charge in [0.15, 0.2) is 0 Å². The average Bonchev–Trinajstić information content (AvgIpc) is 3.81. The number of urea groups is 1. The van der Waals surface area contributed by atoms with Gasteiger partial charge in [0, 0.05) is 36.3 Å². The molecule has 2 heterocycles. The van der Waals surface area contributed by atoms with Crippen LogP contribution in [-0.2, 0) is 24.3 Å². The number of aliphatic hydroxyl groups excluding tert-OH is 1. The van der Waals surface area contributed by atoms with Gasteiger partial charge in [-0.1, -0.05) is 69.0 Å². The molecule has 2 aromatic heterocycles. The van der Waals surface area contributed by atoms with Crippen molar-refractivity contribution in [2.75, 3.05) is 20.3 Å². The van der Waals surface area contributed by atoms with Crippen molar-refractivity contribution < 1.29 is 24.2 Å². The minimum Gasteiger partial charge on any atom is -0.491 e. The first-order valence-corrected chi connectivity index (χ1v) is 18.0. The molecular weight excluding hydrogens is 661 g/mol. The van der Waals surface area contributed by atoms with E-state index in [1.54, 1.807) is 30.1 Å². The number of para-hydroxylation sites is 1. The molecule has 4 rings (SSSR count). The molecule has 2 aromatic carbocycles. The van der Waals surface area contributed by atoms with Gasteiger partial charge in [-0.2, -0.15) is 0 Å². The van der Waals surface area contributed by atoms with Crippen molar-refractivity contribution >= 4 is 34.8 Å². The van der Waals surface area contributed by atoms with Crippen molar-refractivity contribution in [2.45, 2.75) is 70.3 Å². The molecule has 4 aromatic rings. The number of aromatic nitrogens is 2. The van der Waals surface area contributed by atoms with Crippen molar-refractivity contribution in [1.29, 1.82) is 0 Å². The summed E-state index contributed by atoms with van der Waals surface area (Å²) in [5, 5.41) is 22.5. The highest BCUT2D eigenvalue weighted by Crippen LogP contribution is 2.20. The summed E-state index contributed by atoms with van der Waals surface area (Å²) in [5.74, 6) is 1.03. The van der Waals surface area contributed by atoms with E-state index in [4.69, 9.17) is 9.47 Å². The first kappa shape index (κ1) is 37.4. The van der Waals surface area contributed by atoms with Gasteiger partial charge in [-0.25, -0.2) is 14.6 Å². The van der Waals surface area contributed by atoms with E-state index in [1.165, 1.54) is 16.2 Å². The third-order valence-electron chi connectivity index (χ3n) is 7.63. The Morgan fingerprint density at radius 1 is 0.980 bits per heavy atom. The Hall–Kier alpha value is -4.46. The molecule has 3 amide bonds. The molecule has 0 radical (unpaired) electrons. The zero-order chi connectivity index (χ0) is 35.0. The monoisotopic (exact) mass is 706 g/mol. The molecule has 0 saturated carbocycles. The summed E-state index contributed by atoms with van der Waals surface area (Å²) in [5.41, 5.74) is 4.03. The fraction of sp³-hybridized carbons (Fsp3) is 0.389. The molecule has 4 N–H and O–H groups in total. The molecule has 3 atom stereocenters. The minimum atomic E-state index is -0.754. The summed E-state index contributed by atoms with van der Waals surface area (Å²) in [6, 6.07) is 17.8. The lowest BCUT2D eigenvalue weighted by Crippen LogP contribution is -2.49. The van der Waals surface area contributed by atoms with Gasteiger partial charge in [0.25, 0.3) is 0 Å². The number of benzene rings is 2. The van der Waals surface area contributed by atoms with E-state index in [0.717, 1.165) is 21.1 Å². The normalized spacial score (nSPS) is 12.8. The Kier molecular flexibility index (Phi) is 14.9. The van der Waals surface area contributed by atoms with Gasteiger partial charge in [-0.15, -0.1) is 22.7 Å². The predicted octanol–water partition coefficient (Wildman–Crippen LogP) is 6.09. The first-order valence-electron chi connectivity index (χ1n) is 16.2. The van der Waals surface area contributed by atoms with Crippen molar-refractivity contribution in [3.8, 4) is 5.75 Å². The summed E-state index contributed by atoms with van der Waals surface area (Å²) in [7, 11) is 1.69. The number of carbonyl (C=O) groups is 2. The zero-order valence-electron chi connectivity index (χ0n) is 28.2. The second-order valence-electron chi connectivity index (χ2n) is 12.0. The Morgan fingerprint density at radius 3 is 2.35 bits per heavy atom. The highest BCUT2D eigenvalue weighted by Gasteiger charge is 2.23. The molecule has 0 saturated heterocycles. The summed E-state index contributed by atoms with van der Waals surface area (Å²) in [6.45, 7) is 8.75. The SMILES string of the molecule is C=C(NC(CCC(Cc1ccccc1)NC(=O)OCc1cncs1)COc1ccccc1)C(CO)NC(=O)N(C)Cc1csc(C(C)C)n1. The Labute approximate surface area is 296 Å². The molecule has 0 aliphatic rings. The van der Waals surface area contributed by atoms with Crippen molar-refractivity contribution in [1.82, 2.24) is 30.8 Å². The number of hydrogen-bond acceptors (Lipinski definition) is 10. The summed E-state index contributed by atoms with van der Waals surface area (Å²) >= 11 is 3.00. The Morgan fingerprint density at radius 2 is 1.69 bits per heavy atom. The number of carbonyl (C=O) groups excluding carboxylic acids is 2. The quantitative estimate of drug-likeness (QED) is 0.0919. The number of nitrogens with one attached hydrogen (secondary N) is 3. The molecule has 0 spiro atoms. The van der Waals surface area contributed by atoms with Gasteiger partial charge < -0.3 is 35.4 Å². The number of nitrogens with zero attached hydrogens (tertiary/aromatic N) is 3. The summed E-state index contributed by atoms with van der Waals surface area (Å²) < 4.78 is 11.6. The van der Waals surface area contributed by atoms with E-state index in [9.17, 15) is 14.7 Å². The molecule has 49 heavy (non-hydrogen) atoms. The maximum Gasteiger partial charge on any atom is 0.407 e.